The van der Waals surface area contributed by atoms with Gasteiger partial charge in [-0.1, -0.05) is 18.3 Å². The Labute approximate surface area is 131 Å². The molecule has 0 aliphatic rings. The Kier molecular flexibility index (Phi) is 4.72. The van der Waals surface area contributed by atoms with Gasteiger partial charge in [-0.05, 0) is 41.4 Å². The van der Waals surface area contributed by atoms with Gasteiger partial charge in [0.2, 0.25) is 10.0 Å². The zero-order chi connectivity index (χ0) is 15.6. The Bertz CT molecular complexity index is 758. The first-order valence-electron chi connectivity index (χ1n) is 5.95. The quantitative estimate of drug-likeness (QED) is 0.818. The number of nitrogens with two attached hydrogens (primary N) is 1. The van der Waals surface area contributed by atoms with Crippen molar-refractivity contribution in [3.63, 3.8) is 0 Å². The van der Waals surface area contributed by atoms with Crippen molar-refractivity contribution < 1.29 is 12.8 Å². The SMILES string of the molecule is CC(NS(=O)(=O)c1cccc(F)c1C(N)=S)c1ccsc1. The van der Waals surface area contributed by atoms with Crippen LogP contribution in [0.5, 0.6) is 0 Å². The third-order valence-electron chi connectivity index (χ3n) is 2.89. The topological polar surface area (TPSA) is 72.2 Å². The van der Waals surface area contributed by atoms with Crippen molar-refractivity contribution in [1.82, 2.24) is 4.72 Å². The predicted molar refractivity (Wildman–Crippen MR) is 85.3 cm³/mol. The number of halogens is 1. The molecule has 1 aromatic heterocycles. The summed E-state index contributed by atoms with van der Waals surface area (Å²) in [5.41, 5.74) is 6.00. The molecule has 0 spiro atoms. The van der Waals surface area contributed by atoms with E-state index in [1.54, 1.807) is 6.92 Å². The van der Waals surface area contributed by atoms with E-state index in [9.17, 15) is 12.8 Å². The maximum absolute atomic E-state index is 13.8. The fraction of sp³-hybridized carbons (Fsp3) is 0.154. The van der Waals surface area contributed by atoms with Gasteiger partial charge in [0.1, 0.15) is 10.8 Å². The van der Waals surface area contributed by atoms with Crippen molar-refractivity contribution >= 4 is 38.6 Å². The molecule has 1 atom stereocenters. The summed E-state index contributed by atoms with van der Waals surface area (Å²) in [4.78, 5) is -0.547. The smallest absolute Gasteiger partial charge is 0.241 e. The van der Waals surface area contributed by atoms with Crippen LogP contribution in [-0.2, 0) is 10.0 Å². The second-order valence-corrected chi connectivity index (χ2v) is 7.28. The van der Waals surface area contributed by atoms with Crippen LogP contribution in [0, 0.1) is 5.82 Å². The Morgan fingerprint density at radius 2 is 2.14 bits per heavy atom. The molecule has 0 bridgehead atoms. The number of benzene rings is 1. The van der Waals surface area contributed by atoms with Crippen LogP contribution < -0.4 is 10.5 Å². The highest BCUT2D eigenvalue weighted by Crippen LogP contribution is 2.22. The van der Waals surface area contributed by atoms with Crippen molar-refractivity contribution in [3.8, 4) is 0 Å². The molecule has 0 amide bonds. The van der Waals surface area contributed by atoms with Crippen LogP contribution in [0.3, 0.4) is 0 Å². The Hall–Kier alpha value is -1.35. The molecule has 3 N–H and O–H groups in total. The molecule has 21 heavy (non-hydrogen) atoms. The molecule has 1 aromatic carbocycles. The first-order valence-corrected chi connectivity index (χ1v) is 8.79. The van der Waals surface area contributed by atoms with Crippen LogP contribution in [-0.4, -0.2) is 13.4 Å². The van der Waals surface area contributed by atoms with Crippen LogP contribution in [0.2, 0.25) is 0 Å². The van der Waals surface area contributed by atoms with Crippen LogP contribution in [0.15, 0.2) is 39.9 Å². The predicted octanol–water partition coefficient (Wildman–Crippen LogP) is 2.56. The molecule has 0 fully saturated rings. The minimum atomic E-state index is -3.94. The molecule has 4 nitrogen and oxygen atoms in total. The molecule has 0 saturated carbocycles. The first kappa shape index (κ1) is 16.0. The largest absolute Gasteiger partial charge is 0.389 e. The maximum atomic E-state index is 13.8. The van der Waals surface area contributed by atoms with E-state index in [-0.39, 0.29) is 15.4 Å². The fourth-order valence-corrected chi connectivity index (χ4v) is 4.34. The molecule has 0 radical (unpaired) electrons. The number of hydrogen-bond acceptors (Lipinski definition) is 4. The number of thiocarbonyl (C=S) groups is 1. The van der Waals surface area contributed by atoms with Gasteiger partial charge in [0.05, 0.1) is 10.5 Å². The van der Waals surface area contributed by atoms with Gasteiger partial charge in [0.15, 0.2) is 0 Å². The van der Waals surface area contributed by atoms with Crippen LogP contribution >= 0.6 is 23.6 Å². The van der Waals surface area contributed by atoms with Gasteiger partial charge in [-0.2, -0.15) is 11.3 Å². The summed E-state index contributed by atoms with van der Waals surface area (Å²) >= 11 is 6.21. The Morgan fingerprint density at radius 3 is 2.71 bits per heavy atom. The summed E-state index contributed by atoms with van der Waals surface area (Å²) in [7, 11) is -3.94. The van der Waals surface area contributed by atoms with Gasteiger partial charge in [0.25, 0.3) is 0 Å². The van der Waals surface area contributed by atoms with E-state index in [4.69, 9.17) is 18.0 Å². The molecule has 112 valence electrons. The van der Waals surface area contributed by atoms with E-state index in [1.165, 1.54) is 23.5 Å². The zero-order valence-electron chi connectivity index (χ0n) is 11.0. The normalized spacial score (nSPS) is 13.0. The number of sulfonamides is 1. The lowest BCUT2D eigenvalue weighted by Crippen LogP contribution is -2.29. The van der Waals surface area contributed by atoms with Gasteiger partial charge in [-0.3, -0.25) is 0 Å². The molecule has 1 heterocycles. The molecule has 8 heteroatoms. The fourth-order valence-electron chi connectivity index (χ4n) is 1.85. The Balaban J connectivity index is 2.41. The average molecular weight is 344 g/mol. The molecule has 2 rings (SSSR count). The molecule has 0 aliphatic carbocycles. The van der Waals surface area contributed by atoms with Crippen molar-refractivity contribution in [2.45, 2.75) is 17.9 Å². The van der Waals surface area contributed by atoms with Crippen molar-refractivity contribution in [2.24, 2.45) is 5.73 Å². The van der Waals surface area contributed by atoms with Crippen molar-refractivity contribution in [3.05, 3.63) is 52.0 Å². The highest BCUT2D eigenvalue weighted by Gasteiger charge is 2.24. The number of rotatable bonds is 5. The maximum Gasteiger partial charge on any atom is 0.241 e. The van der Waals surface area contributed by atoms with E-state index in [2.05, 4.69) is 4.72 Å². The molecule has 0 aliphatic heterocycles. The second-order valence-electron chi connectivity index (χ2n) is 4.38. The van der Waals surface area contributed by atoms with E-state index < -0.39 is 21.9 Å². The van der Waals surface area contributed by atoms with Gasteiger partial charge < -0.3 is 5.73 Å². The lowest BCUT2D eigenvalue weighted by molar-refractivity contribution is 0.563. The highest BCUT2D eigenvalue weighted by atomic mass is 32.2. The lowest BCUT2D eigenvalue weighted by Gasteiger charge is -2.15. The molecule has 0 saturated heterocycles. The summed E-state index contributed by atoms with van der Waals surface area (Å²) in [6, 6.07) is 5.08. The van der Waals surface area contributed by atoms with Crippen LogP contribution in [0.4, 0.5) is 4.39 Å². The lowest BCUT2D eigenvalue weighted by atomic mass is 10.2. The average Bonchev–Trinajstić information content (AvgIpc) is 2.91. The number of hydrogen-bond donors (Lipinski definition) is 2. The van der Waals surface area contributed by atoms with Gasteiger partial charge in [-0.25, -0.2) is 17.5 Å². The van der Waals surface area contributed by atoms with Gasteiger partial charge in [0, 0.05) is 6.04 Å². The highest BCUT2D eigenvalue weighted by molar-refractivity contribution is 7.89. The number of thiophene rings is 1. The van der Waals surface area contributed by atoms with Gasteiger partial charge >= 0.3 is 0 Å². The minimum absolute atomic E-state index is 0.253. The van der Waals surface area contributed by atoms with E-state index in [0.29, 0.717) is 0 Å². The third kappa shape index (κ3) is 3.46. The molecule has 1 unspecified atom stereocenters. The summed E-state index contributed by atoms with van der Waals surface area (Å²) in [6.07, 6.45) is 0. The molecular weight excluding hydrogens is 331 g/mol. The van der Waals surface area contributed by atoms with E-state index in [0.717, 1.165) is 11.6 Å². The van der Waals surface area contributed by atoms with Crippen LogP contribution in [0.25, 0.3) is 0 Å². The summed E-state index contributed by atoms with van der Waals surface area (Å²) in [6.45, 7) is 1.71. The molecular formula is C13H13FN2O2S3. The van der Waals surface area contributed by atoms with Crippen LogP contribution in [0.1, 0.15) is 24.1 Å². The van der Waals surface area contributed by atoms with Crippen molar-refractivity contribution in [2.75, 3.05) is 0 Å². The monoisotopic (exact) mass is 344 g/mol. The summed E-state index contributed by atoms with van der Waals surface area (Å²) in [5.74, 6) is -0.756. The first-order chi connectivity index (χ1) is 9.83. The zero-order valence-corrected chi connectivity index (χ0v) is 13.5. The second kappa shape index (κ2) is 6.18. The minimum Gasteiger partial charge on any atom is -0.389 e. The van der Waals surface area contributed by atoms with Crippen molar-refractivity contribution in [1.29, 1.82) is 0 Å². The molecule has 2 aromatic rings. The van der Waals surface area contributed by atoms with E-state index in [1.807, 2.05) is 16.8 Å². The van der Waals surface area contributed by atoms with E-state index >= 15 is 0 Å². The third-order valence-corrected chi connectivity index (χ3v) is 5.38. The summed E-state index contributed by atoms with van der Waals surface area (Å²) < 4.78 is 41.1. The standard InChI is InChI=1S/C13H13FN2O2S3/c1-8(9-5-6-20-7-9)16-21(17,18)11-4-2-3-10(14)12(11)13(15)19/h2-8,16H,1H3,(H2,15,19). The summed E-state index contributed by atoms with van der Waals surface area (Å²) in [5, 5.41) is 3.69. The van der Waals surface area contributed by atoms with Gasteiger partial charge in [-0.15, -0.1) is 0 Å². The number of nitrogens with one attached hydrogen (secondary N) is 1. The Morgan fingerprint density at radius 1 is 1.43 bits per heavy atom.